The quantitative estimate of drug-likeness (QED) is 0.635. The number of thioether (sulfide) groups is 1. The number of fused-ring (bicyclic) bond motifs is 1. The summed E-state index contributed by atoms with van der Waals surface area (Å²) in [5.74, 6) is 2.10. The van der Waals surface area contributed by atoms with Gasteiger partial charge in [-0.05, 0) is 18.2 Å². The molecule has 21 heavy (non-hydrogen) atoms. The highest BCUT2D eigenvalue weighted by atomic mass is 32.2. The maximum atomic E-state index is 12.1. The van der Waals surface area contributed by atoms with Crippen molar-refractivity contribution in [1.29, 1.82) is 0 Å². The summed E-state index contributed by atoms with van der Waals surface area (Å²) in [6.07, 6.45) is 0.893. The van der Waals surface area contributed by atoms with Gasteiger partial charge in [-0.3, -0.25) is 4.79 Å². The summed E-state index contributed by atoms with van der Waals surface area (Å²) in [7, 11) is 0. The van der Waals surface area contributed by atoms with Gasteiger partial charge in [0.1, 0.15) is 0 Å². The third-order valence-corrected chi connectivity index (χ3v) is 4.18. The third kappa shape index (κ3) is 3.58. The number of Topliss-reactive ketones (excluding diaryl/α,β-unsaturated/α-hetero) is 1. The second-order valence-corrected chi connectivity index (χ2v) is 5.79. The Morgan fingerprint density at radius 3 is 2.57 bits per heavy atom. The van der Waals surface area contributed by atoms with Crippen LogP contribution in [0, 0.1) is 0 Å². The SMILES string of the molecule is O=C(CSc1ccc2c(c1)OCCCO2)c1ccccc1. The molecule has 0 bridgehead atoms. The molecule has 0 N–H and O–H groups in total. The average Bonchev–Trinajstić information content (AvgIpc) is 2.78. The van der Waals surface area contributed by atoms with Crippen LogP contribution in [0.2, 0.25) is 0 Å². The van der Waals surface area contributed by atoms with Crippen LogP contribution < -0.4 is 9.47 Å². The maximum Gasteiger partial charge on any atom is 0.173 e. The van der Waals surface area contributed by atoms with Crippen LogP contribution in [0.1, 0.15) is 16.8 Å². The van der Waals surface area contributed by atoms with Gasteiger partial charge in [0.05, 0.1) is 19.0 Å². The van der Waals surface area contributed by atoms with Crippen molar-refractivity contribution in [3.8, 4) is 11.5 Å². The first-order valence-corrected chi connectivity index (χ1v) is 7.92. The summed E-state index contributed by atoms with van der Waals surface area (Å²) in [5, 5.41) is 0. The first kappa shape index (κ1) is 14.0. The Morgan fingerprint density at radius 2 is 1.76 bits per heavy atom. The van der Waals surface area contributed by atoms with Crippen molar-refractivity contribution < 1.29 is 14.3 Å². The van der Waals surface area contributed by atoms with E-state index in [2.05, 4.69) is 0 Å². The Hall–Kier alpha value is -1.94. The van der Waals surface area contributed by atoms with Crippen LogP contribution in [0.25, 0.3) is 0 Å². The van der Waals surface area contributed by atoms with Crippen LogP contribution in [0.3, 0.4) is 0 Å². The van der Waals surface area contributed by atoms with Gasteiger partial charge in [-0.25, -0.2) is 0 Å². The fourth-order valence-corrected chi connectivity index (χ4v) is 2.91. The zero-order valence-electron chi connectivity index (χ0n) is 11.6. The van der Waals surface area contributed by atoms with Gasteiger partial charge in [0.2, 0.25) is 0 Å². The summed E-state index contributed by atoms with van der Waals surface area (Å²) in [5.41, 5.74) is 0.749. The van der Waals surface area contributed by atoms with Crippen molar-refractivity contribution in [1.82, 2.24) is 0 Å². The molecule has 0 radical (unpaired) electrons. The van der Waals surface area contributed by atoms with Gasteiger partial charge in [0.15, 0.2) is 17.3 Å². The van der Waals surface area contributed by atoms with Crippen LogP contribution in [0.15, 0.2) is 53.4 Å². The van der Waals surface area contributed by atoms with Gasteiger partial charge in [-0.1, -0.05) is 30.3 Å². The molecule has 108 valence electrons. The van der Waals surface area contributed by atoms with E-state index in [9.17, 15) is 4.79 Å². The molecule has 0 unspecified atom stereocenters. The summed E-state index contributed by atoms with van der Waals surface area (Å²) in [6, 6.07) is 15.2. The van der Waals surface area contributed by atoms with Gasteiger partial charge >= 0.3 is 0 Å². The van der Waals surface area contributed by atoms with Gasteiger partial charge < -0.3 is 9.47 Å². The highest BCUT2D eigenvalue weighted by Gasteiger charge is 2.12. The van der Waals surface area contributed by atoms with Gasteiger partial charge in [-0.2, -0.15) is 0 Å². The monoisotopic (exact) mass is 300 g/mol. The fourth-order valence-electron chi connectivity index (χ4n) is 2.09. The predicted octanol–water partition coefficient (Wildman–Crippen LogP) is 3.82. The third-order valence-electron chi connectivity index (χ3n) is 3.18. The fraction of sp³-hybridized carbons (Fsp3) is 0.235. The minimum Gasteiger partial charge on any atom is -0.490 e. The lowest BCUT2D eigenvalue weighted by molar-refractivity contribution is 0.102. The molecule has 2 aromatic carbocycles. The summed E-state index contributed by atoms with van der Waals surface area (Å²) < 4.78 is 11.3. The lowest BCUT2D eigenvalue weighted by Gasteiger charge is -2.09. The molecule has 1 aliphatic heterocycles. The number of carbonyl (C=O) groups is 1. The Bertz CT molecular complexity index is 625. The molecule has 0 saturated heterocycles. The summed E-state index contributed by atoms with van der Waals surface area (Å²) >= 11 is 1.52. The standard InChI is InChI=1S/C17H16O3S/c18-15(13-5-2-1-3-6-13)12-21-14-7-8-16-17(11-14)20-10-4-9-19-16/h1-3,5-8,11H,4,9-10,12H2. The van der Waals surface area contributed by atoms with E-state index in [1.807, 2.05) is 48.5 Å². The number of benzene rings is 2. The van der Waals surface area contributed by atoms with Crippen LogP contribution in [-0.2, 0) is 0 Å². The Morgan fingerprint density at radius 1 is 1.00 bits per heavy atom. The van der Waals surface area contributed by atoms with Crippen LogP contribution in [0.5, 0.6) is 11.5 Å². The lowest BCUT2D eigenvalue weighted by Crippen LogP contribution is -2.01. The van der Waals surface area contributed by atoms with E-state index in [-0.39, 0.29) is 5.78 Å². The van der Waals surface area contributed by atoms with Crippen molar-refractivity contribution in [2.45, 2.75) is 11.3 Å². The Kier molecular flexibility index (Phi) is 4.46. The zero-order valence-corrected chi connectivity index (χ0v) is 12.4. The number of hydrogen-bond acceptors (Lipinski definition) is 4. The van der Waals surface area contributed by atoms with Crippen molar-refractivity contribution in [3.63, 3.8) is 0 Å². The summed E-state index contributed by atoms with van der Waals surface area (Å²) in [6.45, 7) is 1.36. The smallest absolute Gasteiger partial charge is 0.173 e. The van der Waals surface area contributed by atoms with E-state index in [0.717, 1.165) is 28.4 Å². The average molecular weight is 300 g/mol. The molecule has 0 aromatic heterocycles. The molecule has 1 aliphatic rings. The predicted molar refractivity (Wildman–Crippen MR) is 83.5 cm³/mol. The highest BCUT2D eigenvalue weighted by Crippen LogP contribution is 2.34. The van der Waals surface area contributed by atoms with Crippen molar-refractivity contribution in [2.24, 2.45) is 0 Å². The molecule has 3 rings (SSSR count). The normalized spacial score (nSPS) is 13.5. The molecule has 0 saturated carbocycles. The Labute approximate surface area is 128 Å². The number of carbonyl (C=O) groups excluding carboxylic acids is 1. The molecular formula is C17H16O3S. The Balaban J connectivity index is 1.66. The van der Waals surface area contributed by atoms with Crippen LogP contribution >= 0.6 is 11.8 Å². The number of ether oxygens (including phenoxy) is 2. The topological polar surface area (TPSA) is 35.5 Å². The minimum absolute atomic E-state index is 0.132. The molecule has 0 fully saturated rings. The zero-order chi connectivity index (χ0) is 14.5. The molecule has 2 aromatic rings. The highest BCUT2D eigenvalue weighted by molar-refractivity contribution is 8.00. The van der Waals surface area contributed by atoms with Crippen LogP contribution in [-0.4, -0.2) is 24.7 Å². The number of ketones is 1. The summed E-state index contributed by atoms with van der Waals surface area (Å²) in [4.78, 5) is 13.1. The molecule has 3 nitrogen and oxygen atoms in total. The largest absolute Gasteiger partial charge is 0.490 e. The molecule has 0 spiro atoms. The maximum absolute atomic E-state index is 12.1. The number of rotatable bonds is 4. The van der Waals surface area contributed by atoms with E-state index in [1.165, 1.54) is 11.8 Å². The van der Waals surface area contributed by atoms with E-state index in [1.54, 1.807) is 0 Å². The molecule has 0 atom stereocenters. The van der Waals surface area contributed by atoms with Gasteiger partial charge in [0, 0.05) is 16.9 Å². The van der Waals surface area contributed by atoms with Crippen molar-refractivity contribution in [3.05, 3.63) is 54.1 Å². The molecular weight excluding hydrogens is 284 g/mol. The van der Waals surface area contributed by atoms with Gasteiger partial charge in [-0.15, -0.1) is 11.8 Å². The van der Waals surface area contributed by atoms with E-state index < -0.39 is 0 Å². The van der Waals surface area contributed by atoms with Crippen molar-refractivity contribution >= 4 is 17.5 Å². The first-order chi connectivity index (χ1) is 10.3. The minimum atomic E-state index is 0.132. The second-order valence-electron chi connectivity index (χ2n) is 4.74. The van der Waals surface area contributed by atoms with Gasteiger partial charge in [0.25, 0.3) is 0 Å². The van der Waals surface area contributed by atoms with E-state index in [4.69, 9.17) is 9.47 Å². The second kappa shape index (κ2) is 6.68. The molecule has 0 amide bonds. The van der Waals surface area contributed by atoms with Crippen molar-refractivity contribution in [2.75, 3.05) is 19.0 Å². The van der Waals surface area contributed by atoms with Crippen LogP contribution in [0.4, 0.5) is 0 Å². The van der Waals surface area contributed by atoms with E-state index >= 15 is 0 Å². The molecule has 1 heterocycles. The number of hydrogen-bond donors (Lipinski definition) is 0. The lowest BCUT2D eigenvalue weighted by atomic mass is 10.2. The van der Waals surface area contributed by atoms with E-state index in [0.29, 0.717) is 19.0 Å². The molecule has 0 aliphatic carbocycles. The molecule has 4 heteroatoms. The first-order valence-electron chi connectivity index (χ1n) is 6.93.